The number of carbonyl (C=O) groups is 1. The minimum atomic E-state index is -0.556. The highest BCUT2D eigenvalue weighted by Gasteiger charge is 2.21. The number of amides is 1. The predicted molar refractivity (Wildman–Crippen MR) is 64.4 cm³/mol. The number of ether oxygens (including phenoxy) is 1. The van der Waals surface area contributed by atoms with Gasteiger partial charge in [0.25, 0.3) is 0 Å². The topological polar surface area (TPSA) is 58.6 Å². The molecule has 4 nitrogen and oxygen atoms in total. The van der Waals surface area contributed by atoms with Gasteiger partial charge in [0.1, 0.15) is 5.60 Å². The van der Waals surface area contributed by atoms with Crippen molar-refractivity contribution in [1.82, 2.24) is 5.32 Å². The second-order valence-electron chi connectivity index (χ2n) is 5.14. The molecule has 0 aromatic carbocycles. The zero-order valence-electron chi connectivity index (χ0n) is 11.0. The van der Waals surface area contributed by atoms with E-state index in [2.05, 4.69) is 12.2 Å². The summed E-state index contributed by atoms with van der Waals surface area (Å²) in [6, 6.07) is -0.227. The van der Waals surface area contributed by atoms with Gasteiger partial charge in [0, 0.05) is 0 Å². The summed E-state index contributed by atoms with van der Waals surface area (Å²) in [7, 11) is 0. The summed E-state index contributed by atoms with van der Waals surface area (Å²) in [6.45, 7) is 9.20. The Kier molecular flexibility index (Phi) is 6.41. The Morgan fingerprint density at radius 2 is 2.00 bits per heavy atom. The average Bonchev–Trinajstić information content (AvgIpc) is 2.08. The molecular weight excluding hydrogens is 206 g/mol. The van der Waals surface area contributed by atoms with Crippen LogP contribution < -0.4 is 5.32 Å². The van der Waals surface area contributed by atoms with Crippen LogP contribution in [0.3, 0.4) is 0 Å². The quantitative estimate of drug-likeness (QED) is 0.764. The lowest BCUT2D eigenvalue weighted by molar-refractivity contribution is 0.0429. The molecule has 0 saturated heterocycles. The molecule has 0 aliphatic heterocycles. The van der Waals surface area contributed by atoms with Gasteiger partial charge >= 0.3 is 6.09 Å². The fraction of sp³-hybridized carbons (Fsp3) is 0.917. The van der Waals surface area contributed by atoms with Crippen LogP contribution in [0.15, 0.2) is 0 Å². The van der Waals surface area contributed by atoms with E-state index in [1.54, 1.807) is 6.92 Å². The summed E-state index contributed by atoms with van der Waals surface area (Å²) in [5, 5.41) is 12.2. The first-order valence-electron chi connectivity index (χ1n) is 5.94. The van der Waals surface area contributed by atoms with Crippen molar-refractivity contribution in [3.63, 3.8) is 0 Å². The molecule has 1 amide bonds. The van der Waals surface area contributed by atoms with Crippen LogP contribution >= 0.6 is 0 Å². The van der Waals surface area contributed by atoms with Crippen molar-refractivity contribution < 1.29 is 14.6 Å². The summed E-state index contributed by atoms with van der Waals surface area (Å²) < 4.78 is 5.14. The van der Waals surface area contributed by atoms with Crippen molar-refractivity contribution in [3.05, 3.63) is 0 Å². The molecule has 2 N–H and O–H groups in total. The van der Waals surface area contributed by atoms with E-state index in [1.165, 1.54) is 0 Å². The zero-order valence-corrected chi connectivity index (χ0v) is 11.0. The lowest BCUT2D eigenvalue weighted by Crippen LogP contribution is -2.44. The molecule has 0 unspecified atom stereocenters. The van der Waals surface area contributed by atoms with Gasteiger partial charge in [-0.15, -0.1) is 0 Å². The van der Waals surface area contributed by atoms with Crippen molar-refractivity contribution in [3.8, 4) is 0 Å². The second kappa shape index (κ2) is 6.74. The maximum Gasteiger partial charge on any atom is 0.407 e. The molecule has 0 rings (SSSR count). The van der Waals surface area contributed by atoms with Crippen molar-refractivity contribution >= 4 is 6.09 Å². The molecule has 0 aromatic rings. The Labute approximate surface area is 98.4 Å². The Morgan fingerprint density at radius 3 is 2.38 bits per heavy atom. The van der Waals surface area contributed by atoms with E-state index in [4.69, 9.17) is 4.74 Å². The molecule has 0 bridgehead atoms. The number of unbranched alkanes of at least 4 members (excludes halogenated alkanes) is 1. The third kappa shape index (κ3) is 7.51. The van der Waals surface area contributed by atoms with Gasteiger partial charge in [-0.05, 0) is 34.1 Å². The van der Waals surface area contributed by atoms with E-state index in [0.29, 0.717) is 0 Å². The molecule has 0 saturated carbocycles. The molecule has 16 heavy (non-hydrogen) atoms. The van der Waals surface area contributed by atoms with Gasteiger partial charge in [0.05, 0.1) is 12.1 Å². The van der Waals surface area contributed by atoms with E-state index in [1.807, 2.05) is 20.8 Å². The molecule has 0 aliphatic carbocycles. The fourth-order valence-electron chi connectivity index (χ4n) is 1.32. The Bertz CT molecular complexity index is 209. The largest absolute Gasteiger partial charge is 0.444 e. The van der Waals surface area contributed by atoms with Crippen LogP contribution in [-0.4, -0.2) is 28.9 Å². The number of hydrogen-bond donors (Lipinski definition) is 2. The first-order chi connectivity index (χ1) is 7.26. The van der Waals surface area contributed by atoms with Crippen LogP contribution in [0.25, 0.3) is 0 Å². The monoisotopic (exact) mass is 231 g/mol. The van der Waals surface area contributed by atoms with Crippen LogP contribution in [0.2, 0.25) is 0 Å². The average molecular weight is 231 g/mol. The Hall–Kier alpha value is -0.770. The van der Waals surface area contributed by atoms with Crippen molar-refractivity contribution in [2.45, 2.75) is 71.6 Å². The van der Waals surface area contributed by atoms with Gasteiger partial charge < -0.3 is 15.2 Å². The van der Waals surface area contributed by atoms with Crippen LogP contribution in [0, 0.1) is 0 Å². The lowest BCUT2D eigenvalue weighted by atomic mass is 10.1. The molecule has 0 radical (unpaired) electrons. The van der Waals surface area contributed by atoms with E-state index in [-0.39, 0.29) is 6.04 Å². The minimum absolute atomic E-state index is 0.227. The normalized spacial score (nSPS) is 15.4. The van der Waals surface area contributed by atoms with Crippen LogP contribution in [-0.2, 0) is 4.74 Å². The zero-order chi connectivity index (χ0) is 12.8. The molecule has 0 spiro atoms. The predicted octanol–water partition coefficient (Wildman–Crippen LogP) is 2.45. The number of carbonyl (C=O) groups excluding carboxylic acids is 1. The van der Waals surface area contributed by atoms with Crippen molar-refractivity contribution in [2.24, 2.45) is 0 Å². The van der Waals surface area contributed by atoms with E-state index in [9.17, 15) is 9.90 Å². The molecule has 96 valence electrons. The highest BCUT2D eigenvalue weighted by atomic mass is 16.6. The number of rotatable bonds is 5. The van der Waals surface area contributed by atoms with Gasteiger partial charge in [0.15, 0.2) is 0 Å². The number of aliphatic hydroxyl groups is 1. The number of hydrogen-bond acceptors (Lipinski definition) is 3. The van der Waals surface area contributed by atoms with Gasteiger partial charge in [-0.1, -0.05) is 19.8 Å². The Morgan fingerprint density at radius 1 is 1.44 bits per heavy atom. The number of alkyl carbamates (subject to hydrolysis) is 1. The second-order valence-corrected chi connectivity index (χ2v) is 5.14. The summed E-state index contributed by atoms with van der Waals surface area (Å²) in [4.78, 5) is 11.5. The van der Waals surface area contributed by atoms with Gasteiger partial charge in [-0.3, -0.25) is 0 Å². The fourth-order valence-corrected chi connectivity index (χ4v) is 1.32. The number of aliphatic hydroxyl groups excluding tert-OH is 1. The molecular formula is C12H25NO3. The first kappa shape index (κ1) is 15.2. The van der Waals surface area contributed by atoms with Gasteiger partial charge in [0.2, 0.25) is 0 Å². The maximum absolute atomic E-state index is 11.5. The molecule has 2 atom stereocenters. The van der Waals surface area contributed by atoms with Crippen molar-refractivity contribution in [1.29, 1.82) is 0 Å². The van der Waals surface area contributed by atoms with Crippen LogP contribution in [0.5, 0.6) is 0 Å². The van der Waals surface area contributed by atoms with E-state index in [0.717, 1.165) is 19.3 Å². The summed E-state index contributed by atoms with van der Waals surface area (Å²) in [5.41, 5.74) is -0.502. The van der Waals surface area contributed by atoms with E-state index >= 15 is 0 Å². The molecule has 0 aliphatic rings. The van der Waals surface area contributed by atoms with Crippen LogP contribution in [0.4, 0.5) is 4.79 Å². The molecule has 0 aromatic heterocycles. The van der Waals surface area contributed by atoms with Crippen LogP contribution in [0.1, 0.15) is 53.9 Å². The standard InChI is InChI=1S/C12H25NO3/c1-6-7-8-10(9(2)14)13-11(15)16-12(3,4)5/h9-10,14H,6-8H2,1-5H3,(H,13,15)/t9-,10-/m0/s1. The van der Waals surface area contributed by atoms with E-state index < -0.39 is 17.8 Å². The lowest BCUT2D eigenvalue weighted by Gasteiger charge is -2.25. The smallest absolute Gasteiger partial charge is 0.407 e. The summed E-state index contributed by atoms with van der Waals surface area (Å²) in [6.07, 6.45) is 1.77. The first-order valence-corrected chi connectivity index (χ1v) is 5.94. The SMILES string of the molecule is CCCC[C@H](NC(=O)OC(C)(C)C)[C@H](C)O. The highest BCUT2D eigenvalue weighted by molar-refractivity contribution is 5.68. The van der Waals surface area contributed by atoms with Gasteiger partial charge in [-0.25, -0.2) is 4.79 Å². The molecule has 4 heteroatoms. The third-order valence-electron chi connectivity index (χ3n) is 2.15. The van der Waals surface area contributed by atoms with Crippen molar-refractivity contribution in [2.75, 3.05) is 0 Å². The van der Waals surface area contributed by atoms with Gasteiger partial charge in [-0.2, -0.15) is 0 Å². The molecule has 0 heterocycles. The highest BCUT2D eigenvalue weighted by Crippen LogP contribution is 2.09. The summed E-state index contributed by atoms with van der Waals surface area (Å²) >= 11 is 0. The summed E-state index contributed by atoms with van der Waals surface area (Å²) in [5.74, 6) is 0. The Balaban J connectivity index is 4.13. The number of nitrogens with one attached hydrogen (secondary N) is 1. The maximum atomic E-state index is 11.5. The minimum Gasteiger partial charge on any atom is -0.444 e. The third-order valence-corrected chi connectivity index (χ3v) is 2.15. The molecule has 0 fully saturated rings.